The van der Waals surface area contributed by atoms with Gasteiger partial charge in [0.2, 0.25) is 5.69 Å². The highest BCUT2D eigenvalue weighted by atomic mass is 35.5. The van der Waals surface area contributed by atoms with E-state index in [1.807, 2.05) is 25.1 Å². The molecule has 0 saturated heterocycles. The Labute approximate surface area is 144 Å². The lowest BCUT2D eigenvalue weighted by atomic mass is 10.2. The summed E-state index contributed by atoms with van der Waals surface area (Å²) in [6, 6.07) is 10.9. The van der Waals surface area contributed by atoms with E-state index in [9.17, 15) is 0 Å². The van der Waals surface area contributed by atoms with Crippen molar-refractivity contribution in [1.82, 2.24) is 9.97 Å². The monoisotopic (exact) mass is 342 g/mol. The Morgan fingerprint density at radius 1 is 1.21 bits per heavy atom. The number of aromatic nitrogens is 3. The van der Waals surface area contributed by atoms with E-state index in [1.165, 1.54) is 4.68 Å². The van der Waals surface area contributed by atoms with Crippen LogP contribution < -0.4 is 20.0 Å². The van der Waals surface area contributed by atoms with Crippen molar-refractivity contribution in [3.8, 4) is 28.6 Å². The Balaban J connectivity index is 1.91. The van der Waals surface area contributed by atoms with Gasteiger partial charge in [0.05, 0.1) is 7.11 Å². The van der Waals surface area contributed by atoms with E-state index >= 15 is 0 Å². The Hall–Kier alpha value is -2.86. The normalized spacial score (nSPS) is 10.5. The Morgan fingerprint density at radius 3 is 2.62 bits per heavy atom. The maximum Gasteiger partial charge on any atom is 0.209 e. The summed E-state index contributed by atoms with van der Waals surface area (Å²) in [6.07, 6.45) is 4.50. The molecule has 0 saturated carbocycles. The van der Waals surface area contributed by atoms with E-state index in [-0.39, 0.29) is 10.9 Å². The fourth-order valence-corrected chi connectivity index (χ4v) is 2.25. The van der Waals surface area contributed by atoms with E-state index in [0.29, 0.717) is 17.3 Å². The van der Waals surface area contributed by atoms with Gasteiger partial charge in [0, 0.05) is 24.6 Å². The zero-order chi connectivity index (χ0) is 17.1. The van der Waals surface area contributed by atoms with Gasteiger partial charge in [0.15, 0.2) is 34.4 Å². The topological polar surface area (TPSA) is 74.1 Å². The van der Waals surface area contributed by atoms with Gasteiger partial charge in [0.1, 0.15) is 6.20 Å². The Kier molecular flexibility index (Phi) is 4.48. The van der Waals surface area contributed by atoms with Gasteiger partial charge < -0.3 is 9.47 Å². The number of nitrogen functional groups attached to an aromatic ring is 1. The van der Waals surface area contributed by atoms with Crippen molar-refractivity contribution in [1.29, 1.82) is 0 Å². The maximum atomic E-state index is 6.22. The molecule has 3 aromatic rings. The summed E-state index contributed by atoms with van der Waals surface area (Å²) in [6.45, 7) is 1.88. The summed E-state index contributed by atoms with van der Waals surface area (Å²) < 4.78 is 12.4. The molecule has 0 bridgehead atoms. The van der Waals surface area contributed by atoms with Crippen molar-refractivity contribution in [3.05, 3.63) is 59.6 Å². The SMILES string of the molecule is COc1ccccc1Oc1[c]nc(-c2cc[n+](N)c(C)c2)nc1Cl. The molecule has 0 fully saturated rings. The molecule has 121 valence electrons. The third kappa shape index (κ3) is 3.23. The van der Waals surface area contributed by atoms with Crippen molar-refractivity contribution in [3.63, 3.8) is 0 Å². The molecule has 7 heteroatoms. The average Bonchev–Trinajstić information content (AvgIpc) is 2.59. The first-order valence-corrected chi connectivity index (χ1v) is 7.50. The molecule has 0 spiro atoms. The molecular weight excluding hydrogens is 328 g/mol. The molecule has 0 aliphatic carbocycles. The van der Waals surface area contributed by atoms with Gasteiger partial charge in [-0.2, -0.15) is 0 Å². The highest BCUT2D eigenvalue weighted by Gasteiger charge is 2.14. The quantitative estimate of drug-likeness (QED) is 0.448. The maximum absolute atomic E-state index is 6.22. The van der Waals surface area contributed by atoms with Crippen LogP contribution >= 0.6 is 11.6 Å². The summed E-state index contributed by atoms with van der Waals surface area (Å²) in [5.74, 6) is 7.50. The summed E-state index contributed by atoms with van der Waals surface area (Å²) in [5, 5.41) is 0.160. The number of pyridine rings is 1. The molecule has 3 rings (SSSR count). The summed E-state index contributed by atoms with van der Waals surface area (Å²) >= 11 is 6.22. The molecule has 0 aliphatic rings. The third-order valence-electron chi connectivity index (χ3n) is 3.38. The minimum atomic E-state index is 0.160. The number of hydrogen-bond acceptors (Lipinski definition) is 5. The largest absolute Gasteiger partial charge is 0.493 e. The van der Waals surface area contributed by atoms with Crippen LogP contribution in [0.4, 0.5) is 0 Å². The molecule has 1 aromatic carbocycles. The zero-order valence-corrected chi connectivity index (χ0v) is 13.9. The Morgan fingerprint density at radius 2 is 1.96 bits per heavy atom. The summed E-state index contributed by atoms with van der Waals surface area (Å²) in [7, 11) is 1.56. The smallest absolute Gasteiger partial charge is 0.209 e. The van der Waals surface area contributed by atoms with Crippen LogP contribution in [0.5, 0.6) is 17.2 Å². The van der Waals surface area contributed by atoms with E-state index in [0.717, 1.165) is 11.3 Å². The highest BCUT2D eigenvalue weighted by Crippen LogP contribution is 2.33. The van der Waals surface area contributed by atoms with Gasteiger partial charge in [-0.3, -0.25) is 0 Å². The molecule has 2 heterocycles. The average molecular weight is 343 g/mol. The van der Waals surface area contributed by atoms with Gasteiger partial charge in [-0.1, -0.05) is 28.4 Å². The lowest BCUT2D eigenvalue weighted by molar-refractivity contribution is -0.645. The molecule has 6 nitrogen and oxygen atoms in total. The van der Waals surface area contributed by atoms with Crippen LogP contribution in [0.15, 0.2) is 42.6 Å². The van der Waals surface area contributed by atoms with Crippen molar-refractivity contribution >= 4 is 11.6 Å². The minimum Gasteiger partial charge on any atom is -0.493 e. The van der Waals surface area contributed by atoms with Crippen LogP contribution in [0.3, 0.4) is 0 Å². The predicted octanol–water partition coefficient (Wildman–Crippen LogP) is 2.71. The lowest BCUT2D eigenvalue weighted by Crippen LogP contribution is -2.46. The minimum absolute atomic E-state index is 0.160. The van der Waals surface area contributed by atoms with Crippen LogP contribution in [-0.2, 0) is 0 Å². The van der Waals surface area contributed by atoms with Crippen LogP contribution in [0.2, 0.25) is 5.15 Å². The van der Waals surface area contributed by atoms with Crippen molar-refractivity contribution < 1.29 is 14.1 Å². The number of ether oxygens (including phenoxy) is 2. The number of halogens is 1. The summed E-state index contributed by atoms with van der Waals surface area (Å²) in [5.41, 5.74) is 1.65. The van der Waals surface area contributed by atoms with Crippen LogP contribution in [0.25, 0.3) is 11.4 Å². The highest BCUT2D eigenvalue weighted by molar-refractivity contribution is 6.30. The van der Waals surface area contributed by atoms with Gasteiger partial charge in [-0.15, -0.1) is 0 Å². The molecular formula is C17H15ClN4O2+. The van der Waals surface area contributed by atoms with Crippen molar-refractivity contribution in [2.75, 3.05) is 13.0 Å². The number of aryl methyl sites for hydroxylation is 1. The van der Waals surface area contributed by atoms with Crippen LogP contribution in [-0.4, -0.2) is 17.1 Å². The number of benzene rings is 1. The zero-order valence-electron chi connectivity index (χ0n) is 13.2. The number of hydrogen-bond donors (Lipinski definition) is 1. The lowest BCUT2D eigenvalue weighted by Gasteiger charge is -2.10. The molecule has 2 aromatic heterocycles. The Bertz CT molecular complexity index is 886. The predicted molar refractivity (Wildman–Crippen MR) is 89.5 cm³/mol. The molecule has 2 N–H and O–H groups in total. The van der Waals surface area contributed by atoms with Crippen molar-refractivity contribution in [2.24, 2.45) is 0 Å². The number of nitrogens with two attached hydrogens (primary N) is 1. The number of para-hydroxylation sites is 2. The number of methoxy groups -OCH3 is 1. The first-order chi connectivity index (χ1) is 11.6. The fraction of sp³-hybridized carbons (Fsp3) is 0.118. The van der Waals surface area contributed by atoms with Crippen molar-refractivity contribution in [2.45, 2.75) is 6.92 Å². The molecule has 0 aliphatic heterocycles. The third-order valence-corrected chi connectivity index (χ3v) is 3.64. The second kappa shape index (κ2) is 6.72. The van der Waals surface area contributed by atoms with E-state index in [1.54, 1.807) is 31.5 Å². The van der Waals surface area contributed by atoms with Gasteiger partial charge in [-0.05, 0) is 12.1 Å². The van der Waals surface area contributed by atoms with Crippen LogP contribution in [0.1, 0.15) is 5.69 Å². The second-order valence-electron chi connectivity index (χ2n) is 5.00. The molecule has 0 atom stereocenters. The van der Waals surface area contributed by atoms with Gasteiger partial charge in [-0.25, -0.2) is 15.8 Å². The standard InChI is InChI=1S/C17H15ClN4O2/c1-11-9-12(7-8-22(11)19)17-20-10-15(16(18)21-17)24-14-6-4-3-5-13(14)23-2/h3-9H,19H2,1-2H3/q+1. The molecule has 0 unspecified atom stereocenters. The summed E-state index contributed by atoms with van der Waals surface area (Å²) in [4.78, 5) is 8.47. The van der Waals surface area contributed by atoms with Crippen LogP contribution in [0, 0.1) is 13.1 Å². The van der Waals surface area contributed by atoms with Gasteiger partial charge >= 0.3 is 0 Å². The molecule has 1 radical (unpaired) electrons. The van der Waals surface area contributed by atoms with E-state index in [4.69, 9.17) is 26.9 Å². The first kappa shape index (κ1) is 16.0. The number of rotatable bonds is 4. The molecule has 24 heavy (non-hydrogen) atoms. The second-order valence-corrected chi connectivity index (χ2v) is 5.35. The number of nitrogens with zero attached hydrogens (tertiary/aromatic N) is 3. The van der Waals surface area contributed by atoms with E-state index < -0.39 is 0 Å². The molecule has 0 amide bonds. The van der Waals surface area contributed by atoms with E-state index in [2.05, 4.69) is 16.2 Å². The van der Waals surface area contributed by atoms with Gasteiger partial charge in [0.25, 0.3) is 0 Å². The fourth-order valence-electron chi connectivity index (χ4n) is 2.09. The first-order valence-electron chi connectivity index (χ1n) is 7.12.